The summed E-state index contributed by atoms with van der Waals surface area (Å²) in [5, 5.41) is 11.2. The lowest BCUT2D eigenvalue weighted by Crippen LogP contribution is -2.06. The molecule has 0 bridgehead atoms. The van der Waals surface area contributed by atoms with Gasteiger partial charge < -0.3 is 21.3 Å². The van der Waals surface area contributed by atoms with Crippen molar-refractivity contribution in [3.8, 4) is 45.0 Å². The Morgan fingerprint density at radius 2 is 0.667 bits per heavy atom. The van der Waals surface area contributed by atoms with Crippen molar-refractivity contribution >= 4 is 122 Å². The zero-order valence-electron chi connectivity index (χ0n) is 46.3. The van der Waals surface area contributed by atoms with Crippen LogP contribution in [-0.4, -0.2) is 57.9 Å². The minimum Gasteiger partial charge on any atom is -0.368 e. The van der Waals surface area contributed by atoms with E-state index in [1.807, 2.05) is 18.2 Å². The maximum absolute atomic E-state index is 13.9. The lowest BCUT2D eigenvalue weighted by molar-refractivity contribution is -0.0589. The summed E-state index contributed by atoms with van der Waals surface area (Å²) < 4.78 is 113. The van der Waals surface area contributed by atoms with Gasteiger partial charge >= 0.3 is 0 Å². The molecule has 0 aliphatic carbocycles. The van der Waals surface area contributed by atoms with E-state index in [0.29, 0.717) is 104 Å². The Kier molecular flexibility index (Phi) is 22.7. The van der Waals surface area contributed by atoms with Crippen molar-refractivity contribution in [1.29, 1.82) is 0 Å². The Hall–Kier alpha value is -7.48. The van der Waals surface area contributed by atoms with Gasteiger partial charge in [-0.2, -0.15) is 0 Å². The number of hydrogen-bond donors (Lipinski definition) is 3. The molecule has 460 valence electrons. The van der Waals surface area contributed by atoms with E-state index in [-0.39, 0.29) is 51.7 Å². The Morgan fingerprint density at radius 1 is 0.389 bits per heavy atom. The molecule has 13 rings (SSSR count). The Morgan fingerprint density at radius 3 is 0.978 bits per heavy atom. The van der Waals surface area contributed by atoms with Crippen molar-refractivity contribution in [3.05, 3.63) is 235 Å². The van der Waals surface area contributed by atoms with Gasteiger partial charge in [-0.05, 0) is 79.2 Å². The molecule has 26 heteroatoms. The van der Waals surface area contributed by atoms with E-state index in [4.69, 9.17) is 67.7 Å². The third kappa shape index (κ3) is 15.1. The van der Waals surface area contributed by atoms with Crippen LogP contribution in [0.4, 0.5) is 35.1 Å². The SMILES string of the molecule is Fc1ccc2nc(-c3ccccc3Cl)c(CBr)nc2c1F.Fc1ccc2nc(CBr)c(-c3ccccc3Cl)nc2c1F.NCc1nc2c(F)c(F)ccc2nc1-c1ccccc1Cl.NCc1nc2ccc(F)c(F)c2nc1-c1ccccc1Cl.OC1CCCO1. The highest BCUT2D eigenvalue weighted by molar-refractivity contribution is 9.08. The number of hydrogen-bond acceptors (Lipinski definition) is 12. The molecule has 8 aromatic carbocycles. The number of alkyl halides is 2. The van der Waals surface area contributed by atoms with E-state index < -0.39 is 52.8 Å². The number of nitrogens with zero attached hydrogens (tertiary/aromatic N) is 8. The quantitative estimate of drug-likeness (QED) is 0.0968. The average molecular weight is 1440 g/mol. The van der Waals surface area contributed by atoms with Crippen molar-refractivity contribution in [3.63, 3.8) is 0 Å². The molecule has 12 nitrogen and oxygen atoms in total. The van der Waals surface area contributed by atoms with Crippen LogP contribution in [-0.2, 0) is 28.5 Å². The van der Waals surface area contributed by atoms with Gasteiger partial charge in [0.05, 0.1) is 87.7 Å². The number of halogens is 14. The predicted octanol–water partition coefficient (Wildman–Crippen LogP) is 17.7. The molecule has 12 aromatic rings. The summed E-state index contributed by atoms with van der Waals surface area (Å²) in [5.74, 6) is -7.89. The van der Waals surface area contributed by atoms with Crippen LogP contribution in [0.5, 0.6) is 0 Å². The van der Waals surface area contributed by atoms with Gasteiger partial charge in [0.2, 0.25) is 0 Å². The highest BCUT2D eigenvalue weighted by Crippen LogP contribution is 2.36. The fraction of sp³-hybridized carbons (Fsp3) is 0.125. The summed E-state index contributed by atoms with van der Waals surface area (Å²) in [6.07, 6.45) is 1.38. The lowest BCUT2D eigenvalue weighted by atomic mass is 10.1. The fourth-order valence-electron chi connectivity index (χ4n) is 8.91. The van der Waals surface area contributed by atoms with Crippen LogP contribution in [0.3, 0.4) is 0 Å². The van der Waals surface area contributed by atoms with Crippen LogP contribution in [0.15, 0.2) is 146 Å². The molecule has 1 aliphatic rings. The van der Waals surface area contributed by atoms with Crippen LogP contribution in [0.1, 0.15) is 35.6 Å². The number of ether oxygens (including phenoxy) is 1. The number of rotatable bonds is 8. The zero-order valence-corrected chi connectivity index (χ0v) is 52.5. The van der Waals surface area contributed by atoms with Crippen LogP contribution in [0, 0.1) is 46.5 Å². The number of aliphatic hydroxyl groups excluding tert-OH is 1. The zero-order chi connectivity index (χ0) is 64.3. The van der Waals surface area contributed by atoms with Crippen LogP contribution >= 0.6 is 78.3 Å². The van der Waals surface area contributed by atoms with Crippen molar-refractivity contribution < 1.29 is 45.0 Å². The van der Waals surface area contributed by atoms with Crippen molar-refractivity contribution in [2.24, 2.45) is 11.5 Å². The summed E-state index contributed by atoms with van der Waals surface area (Å²) in [4.78, 5) is 34.1. The van der Waals surface area contributed by atoms with E-state index in [2.05, 4.69) is 71.7 Å². The van der Waals surface area contributed by atoms with Gasteiger partial charge in [-0.15, -0.1) is 0 Å². The van der Waals surface area contributed by atoms with Crippen LogP contribution in [0.2, 0.25) is 20.1 Å². The van der Waals surface area contributed by atoms with Crippen molar-refractivity contribution in [2.75, 3.05) is 6.61 Å². The molecule has 0 amide bonds. The van der Waals surface area contributed by atoms with Crippen LogP contribution < -0.4 is 11.5 Å². The molecule has 5 N–H and O–H groups in total. The highest BCUT2D eigenvalue weighted by atomic mass is 79.9. The molecule has 0 spiro atoms. The molecule has 1 unspecified atom stereocenters. The molecule has 1 saturated heterocycles. The van der Waals surface area contributed by atoms with Gasteiger partial charge in [-0.1, -0.05) is 151 Å². The molecule has 1 fully saturated rings. The first kappa shape index (κ1) is 66.9. The second kappa shape index (κ2) is 30.6. The number of aliphatic hydroxyl groups is 1. The minimum absolute atomic E-state index is 0.0411. The summed E-state index contributed by atoms with van der Waals surface area (Å²) in [6, 6.07) is 38.0. The van der Waals surface area contributed by atoms with E-state index in [1.165, 1.54) is 24.3 Å². The lowest BCUT2D eigenvalue weighted by Gasteiger charge is -2.10. The smallest absolute Gasteiger partial charge is 0.186 e. The summed E-state index contributed by atoms with van der Waals surface area (Å²) in [7, 11) is 0. The van der Waals surface area contributed by atoms with Crippen LogP contribution in [0.25, 0.3) is 89.2 Å². The minimum atomic E-state index is -1.03. The summed E-state index contributed by atoms with van der Waals surface area (Å²) in [5.41, 5.74) is 18.3. The third-order valence-corrected chi connectivity index (χ3v) is 15.6. The number of fused-ring (bicyclic) bond motifs is 4. The molecule has 90 heavy (non-hydrogen) atoms. The number of benzene rings is 8. The molecule has 1 atom stereocenters. The Labute approximate surface area is 544 Å². The van der Waals surface area contributed by atoms with E-state index >= 15 is 0 Å². The van der Waals surface area contributed by atoms with Gasteiger partial charge in [0.1, 0.15) is 22.1 Å². The van der Waals surface area contributed by atoms with Gasteiger partial charge in [0.25, 0.3) is 0 Å². The predicted molar refractivity (Wildman–Crippen MR) is 342 cm³/mol. The normalized spacial score (nSPS) is 12.6. The molecular weight excluding hydrogens is 1390 g/mol. The standard InChI is InChI=1S/2C15H8BrClF2N2.2C15H10ClF2N3.C4H8O2/c16-7-12-14(8-3-1-2-4-9(8)17)20-11-6-5-10(18)13(19)15(11)21-12;16-7-12-14(8-3-1-2-4-9(8)17)21-15-11(20-12)6-5-10(18)13(15)19;16-9-4-2-1-3-8(9)14-12(7-19)21-15-11(20-14)6-5-10(17)13(15)18;16-9-4-2-1-3-8(9)14-12(7-19)20-11-6-5-10(17)13(18)15(11)21-14;5-4-2-1-3-6-4/h2*1-6H,7H2;2*1-6H,7,19H2;4-5H,1-3H2. The molecule has 0 saturated carbocycles. The third-order valence-electron chi connectivity index (χ3n) is 13.3. The van der Waals surface area contributed by atoms with E-state index in [1.54, 1.807) is 78.9 Å². The molecule has 5 heterocycles. The monoisotopic (exact) mass is 1430 g/mol. The molecule has 4 aromatic heterocycles. The molecule has 1 aliphatic heterocycles. The van der Waals surface area contributed by atoms with Crippen molar-refractivity contribution in [1.82, 2.24) is 39.9 Å². The van der Waals surface area contributed by atoms with E-state index in [0.717, 1.165) is 43.7 Å². The average Bonchev–Trinajstić information content (AvgIpc) is 0.959. The fourth-order valence-corrected chi connectivity index (χ4v) is 10.6. The van der Waals surface area contributed by atoms with Gasteiger partial charge in [0.15, 0.2) is 52.8 Å². The maximum atomic E-state index is 13.9. The largest absolute Gasteiger partial charge is 0.368 e. The second-order valence-electron chi connectivity index (χ2n) is 19.1. The Balaban J connectivity index is 0.000000138. The first-order valence-corrected chi connectivity index (χ1v) is 30.5. The van der Waals surface area contributed by atoms with Gasteiger partial charge in [0, 0.05) is 59.0 Å². The van der Waals surface area contributed by atoms with Crippen molar-refractivity contribution in [2.45, 2.75) is 42.9 Å². The first-order valence-electron chi connectivity index (χ1n) is 26.8. The number of aromatic nitrogens is 8. The maximum Gasteiger partial charge on any atom is 0.186 e. The molecule has 0 radical (unpaired) electrons. The second-order valence-corrected chi connectivity index (χ2v) is 21.8. The van der Waals surface area contributed by atoms with Gasteiger partial charge in [-0.3, -0.25) is 0 Å². The number of nitrogens with two attached hydrogens (primary N) is 2. The first-order chi connectivity index (χ1) is 43.3. The summed E-state index contributed by atoms with van der Waals surface area (Å²) >= 11 is 31.3. The Bertz CT molecular complexity index is 4340. The topological polar surface area (TPSA) is 185 Å². The molecular formula is C64H44Br2Cl4F8N10O2. The summed E-state index contributed by atoms with van der Waals surface area (Å²) in [6.45, 7) is 0.892. The van der Waals surface area contributed by atoms with Gasteiger partial charge in [-0.25, -0.2) is 75.0 Å². The highest BCUT2D eigenvalue weighted by Gasteiger charge is 2.21. The van der Waals surface area contributed by atoms with E-state index in [9.17, 15) is 35.1 Å².